The van der Waals surface area contributed by atoms with Gasteiger partial charge in [0.05, 0.1) is 30.2 Å². The Balaban J connectivity index is 0.881. The van der Waals surface area contributed by atoms with Crippen LogP contribution in [-0.2, 0) is 9.53 Å². The fourth-order valence-corrected chi connectivity index (χ4v) is 6.75. The fourth-order valence-electron chi connectivity index (χ4n) is 6.75. The lowest BCUT2D eigenvalue weighted by atomic mass is 10.0. The second-order valence-corrected chi connectivity index (χ2v) is 14.5. The highest BCUT2D eigenvalue weighted by Gasteiger charge is 2.22. The lowest BCUT2D eigenvalue weighted by Crippen LogP contribution is -2.79. The number of nitrogens with one attached hydrogen (secondary N) is 3. The van der Waals surface area contributed by atoms with E-state index >= 15 is 0 Å². The number of hydrogen-bond donors (Lipinski definition) is 4. The van der Waals surface area contributed by atoms with Gasteiger partial charge in [0.2, 0.25) is 0 Å². The van der Waals surface area contributed by atoms with Crippen molar-refractivity contribution in [1.82, 2.24) is 0 Å². The first kappa shape index (κ1) is 41.0. The van der Waals surface area contributed by atoms with Crippen LogP contribution in [0.3, 0.4) is 0 Å². The number of nitrogens with zero attached hydrogens (tertiary/aromatic N) is 3. The van der Waals surface area contributed by atoms with Crippen molar-refractivity contribution in [3.63, 3.8) is 0 Å². The number of unbranched alkanes of at least 4 members (excludes halogenated alkanes) is 3. The van der Waals surface area contributed by atoms with Crippen LogP contribution in [0.25, 0.3) is 10.8 Å². The number of hydrogen-bond acceptors (Lipinski definition) is 11. The Labute approximate surface area is 350 Å². The highest BCUT2D eigenvalue weighted by Crippen LogP contribution is 2.42. The van der Waals surface area contributed by atoms with Crippen molar-refractivity contribution in [1.29, 1.82) is 0 Å². The lowest BCUT2D eigenvalue weighted by molar-refractivity contribution is -0.565. The summed E-state index contributed by atoms with van der Waals surface area (Å²) in [6.07, 6.45) is 4.55. The highest BCUT2D eigenvalue weighted by atomic mass is 16.5. The summed E-state index contributed by atoms with van der Waals surface area (Å²) in [6.45, 7) is 5.06. The standard InChI is InChI=1S/C48H49N7O5/c1-4-45(56)59-31-8-6-5-7-30-58-39-24-14-34(15-25-39)48(57)60-40-26-12-33(13-27-40)47-51-43-11-9-10-41-42(28-29-44(52-47)46(41)43)54-53-37-18-16-35(17-19-37)49-32-50-36-20-22-38(23-21-36)55(2)3/h4,9-29,47,49-52H,1,5-8,30-32H2,2-3H3/p+1. The first-order valence-electron chi connectivity index (χ1n) is 20.1. The maximum absolute atomic E-state index is 12.9. The molecule has 6 aromatic carbocycles. The Morgan fingerprint density at radius 1 is 0.767 bits per heavy atom. The van der Waals surface area contributed by atoms with Crippen LogP contribution in [0.5, 0.6) is 11.5 Å². The van der Waals surface area contributed by atoms with Gasteiger partial charge in [-0.15, -0.1) is 5.11 Å². The first-order chi connectivity index (χ1) is 29.3. The molecule has 0 saturated carbocycles. The molecule has 1 heterocycles. The molecule has 0 bridgehead atoms. The van der Waals surface area contributed by atoms with E-state index in [0.29, 0.717) is 36.9 Å². The molecule has 7 rings (SSSR count). The summed E-state index contributed by atoms with van der Waals surface area (Å²) in [5.41, 5.74) is 8.27. The van der Waals surface area contributed by atoms with Crippen molar-refractivity contribution in [2.75, 3.05) is 54.8 Å². The number of nitrogens with two attached hydrogens (primary N) is 1. The van der Waals surface area contributed by atoms with Crippen molar-refractivity contribution in [3.8, 4) is 11.5 Å². The summed E-state index contributed by atoms with van der Waals surface area (Å²) >= 11 is 0. The minimum atomic E-state index is -0.449. The Morgan fingerprint density at radius 3 is 2.18 bits per heavy atom. The number of rotatable bonds is 19. The summed E-state index contributed by atoms with van der Waals surface area (Å²) in [5.74, 6) is 0.290. The second kappa shape index (κ2) is 20.0. The summed E-state index contributed by atoms with van der Waals surface area (Å²) in [4.78, 5) is 26.1. The topological polar surface area (TPSA) is 142 Å². The van der Waals surface area contributed by atoms with Crippen molar-refractivity contribution >= 4 is 62.5 Å². The normalized spacial score (nSPS) is 12.9. The molecule has 0 radical (unpaired) electrons. The Kier molecular flexibility index (Phi) is 13.7. The molecule has 1 atom stereocenters. The number of azo groups is 1. The van der Waals surface area contributed by atoms with E-state index in [4.69, 9.17) is 14.2 Å². The summed E-state index contributed by atoms with van der Waals surface area (Å²) in [7, 11) is 4.08. The van der Waals surface area contributed by atoms with Crippen LogP contribution in [0, 0.1) is 0 Å². The Morgan fingerprint density at radius 2 is 1.47 bits per heavy atom. The predicted molar refractivity (Wildman–Crippen MR) is 238 cm³/mol. The van der Waals surface area contributed by atoms with Gasteiger partial charge in [0.15, 0.2) is 6.67 Å². The van der Waals surface area contributed by atoms with E-state index in [0.717, 1.165) is 70.5 Å². The number of esters is 2. The maximum Gasteiger partial charge on any atom is 0.343 e. The lowest BCUT2D eigenvalue weighted by Gasteiger charge is -2.30. The van der Waals surface area contributed by atoms with E-state index in [-0.39, 0.29) is 6.17 Å². The third-order valence-corrected chi connectivity index (χ3v) is 10.0. The van der Waals surface area contributed by atoms with Gasteiger partial charge in [0.25, 0.3) is 0 Å². The molecule has 0 amide bonds. The average Bonchev–Trinajstić information content (AvgIpc) is 3.28. The van der Waals surface area contributed by atoms with Gasteiger partial charge in [0, 0.05) is 65.8 Å². The Bertz CT molecular complexity index is 2410. The number of carbonyl (C=O) groups is 2. The van der Waals surface area contributed by atoms with Gasteiger partial charge >= 0.3 is 11.9 Å². The SMILES string of the molecule is C=CC(=O)OCCCCCCOc1ccc(C(=O)Oc2ccc(C3Nc4cccc5c(N=Nc6ccc(NC[NH2+]c7ccc(N(C)C)cc7)cc6)ccc(c45)N3)cc2)cc1. The smallest absolute Gasteiger partial charge is 0.343 e. The van der Waals surface area contributed by atoms with E-state index in [1.54, 1.807) is 36.4 Å². The molecule has 306 valence electrons. The van der Waals surface area contributed by atoms with Crippen LogP contribution in [0.15, 0.2) is 150 Å². The summed E-state index contributed by atoms with van der Waals surface area (Å²) < 4.78 is 16.5. The second-order valence-electron chi connectivity index (χ2n) is 14.5. The van der Waals surface area contributed by atoms with Gasteiger partial charge in [-0.2, -0.15) is 5.11 Å². The monoisotopic (exact) mass is 804 g/mol. The number of anilines is 4. The molecular formula is C48H50N7O5+. The molecule has 1 unspecified atom stereocenters. The van der Waals surface area contributed by atoms with Crippen LogP contribution < -0.4 is 35.6 Å². The molecule has 6 aromatic rings. The third kappa shape index (κ3) is 10.9. The van der Waals surface area contributed by atoms with E-state index in [2.05, 4.69) is 79.4 Å². The van der Waals surface area contributed by atoms with Crippen LogP contribution in [0.1, 0.15) is 47.8 Å². The molecule has 12 heteroatoms. The van der Waals surface area contributed by atoms with Crippen LogP contribution in [0.4, 0.5) is 39.8 Å². The highest BCUT2D eigenvalue weighted by molar-refractivity contribution is 6.09. The van der Waals surface area contributed by atoms with Gasteiger partial charge in [-0.25, -0.2) is 9.59 Å². The molecule has 1 aliphatic rings. The van der Waals surface area contributed by atoms with E-state index in [1.807, 2.05) is 68.7 Å². The van der Waals surface area contributed by atoms with Crippen molar-refractivity contribution in [3.05, 3.63) is 151 Å². The van der Waals surface area contributed by atoms with Crippen LogP contribution in [-0.4, -0.2) is 45.9 Å². The number of quaternary nitrogens is 1. The van der Waals surface area contributed by atoms with Crippen molar-refractivity contribution in [2.24, 2.45) is 10.2 Å². The van der Waals surface area contributed by atoms with Crippen molar-refractivity contribution in [2.45, 2.75) is 31.8 Å². The predicted octanol–water partition coefficient (Wildman–Crippen LogP) is 10.0. The van der Waals surface area contributed by atoms with Gasteiger partial charge in [-0.3, -0.25) is 5.32 Å². The first-order valence-corrected chi connectivity index (χ1v) is 20.1. The molecule has 12 nitrogen and oxygen atoms in total. The molecule has 0 spiro atoms. The van der Waals surface area contributed by atoms with E-state index in [9.17, 15) is 9.59 Å². The molecule has 0 aromatic heterocycles. The largest absolute Gasteiger partial charge is 0.494 e. The molecule has 0 saturated heterocycles. The van der Waals surface area contributed by atoms with Crippen LogP contribution in [0.2, 0.25) is 0 Å². The summed E-state index contributed by atoms with van der Waals surface area (Å²) in [5, 5.41) is 24.1. The third-order valence-electron chi connectivity index (χ3n) is 10.0. The van der Waals surface area contributed by atoms with Gasteiger partial charge < -0.3 is 35.1 Å². The molecule has 5 N–H and O–H groups in total. The molecule has 1 aliphatic heterocycles. The van der Waals surface area contributed by atoms with Crippen molar-refractivity contribution < 1.29 is 29.1 Å². The van der Waals surface area contributed by atoms with E-state index in [1.165, 1.54) is 17.5 Å². The minimum absolute atomic E-state index is 0.205. The zero-order chi connectivity index (χ0) is 41.7. The molecule has 0 aliphatic carbocycles. The molecular weight excluding hydrogens is 755 g/mol. The fraction of sp³-hybridized carbons (Fsp3) is 0.208. The number of benzene rings is 6. The van der Waals surface area contributed by atoms with Gasteiger partial charge in [-0.05, 0) is 122 Å². The number of carbonyl (C=O) groups excluding carboxylic acids is 2. The van der Waals surface area contributed by atoms with Gasteiger partial charge in [0.1, 0.15) is 23.4 Å². The zero-order valence-electron chi connectivity index (χ0n) is 33.9. The minimum Gasteiger partial charge on any atom is -0.494 e. The molecule has 0 fully saturated rings. The quantitative estimate of drug-likeness (QED) is 0.0120. The summed E-state index contributed by atoms with van der Waals surface area (Å²) in [6, 6.07) is 41.0. The maximum atomic E-state index is 12.9. The number of ether oxygens (including phenoxy) is 3. The Hall–Kier alpha value is -7.18. The van der Waals surface area contributed by atoms with Gasteiger partial charge in [-0.1, -0.05) is 30.8 Å². The molecule has 60 heavy (non-hydrogen) atoms. The zero-order valence-corrected chi connectivity index (χ0v) is 33.9. The average molecular weight is 805 g/mol. The van der Waals surface area contributed by atoms with Crippen LogP contribution >= 0.6 is 0 Å². The van der Waals surface area contributed by atoms with E-state index < -0.39 is 11.9 Å².